The summed E-state index contributed by atoms with van der Waals surface area (Å²) in [6, 6.07) is 68.0. The third-order valence-corrected chi connectivity index (χ3v) is 12.3. The number of aliphatic imine (C=N–C) groups is 1. The second-order valence-electron chi connectivity index (χ2n) is 15.5. The average Bonchev–Trinajstić information content (AvgIpc) is 3.87. The molecule has 2 atom stereocenters. The zero-order valence-corrected chi connectivity index (χ0v) is 31.8. The van der Waals surface area contributed by atoms with Crippen LogP contribution in [-0.4, -0.2) is 22.6 Å². The molecule has 58 heavy (non-hydrogen) atoms. The van der Waals surface area contributed by atoms with Crippen LogP contribution in [0.4, 0.5) is 11.4 Å². The molecule has 4 heteroatoms. The Morgan fingerprint density at radius 3 is 1.79 bits per heavy atom. The standard InChI is InChI=1S/C54H38N4/c1-4-16-35(17-5-1)38-30-39(36-18-6-2-7-19-36)32-40(31-38)52-46-26-14-15-27-48(46)55-54(56-52)58-50-34-49-37(28-29-57(49)41-20-8-3-9-21-41)33-47(50)51-44-24-12-10-22-42(44)43-23-11-13-25-45(43)53(51)58/h1-33,50,54-55H,34H2. The van der Waals surface area contributed by atoms with Crippen molar-refractivity contribution in [1.29, 1.82) is 0 Å². The summed E-state index contributed by atoms with van der Waals surface area (Å²) in [4.78, 5) is 8.45. The highest BCUT2D eigenvalue weighted by molar-refractivity contribution is 6.23. The van der Waals surface area contributed by atoms with Crippen molar-refractivity contribution in [2.75, 3.05) is 10.2 Å². The van der Waals surface area contributed by atoms with Crippen LogP contribution < -0.4 is 10.2 Å². The lowest BCUT2D eigenvalue weighted by atomic mass is 9.87. The van der Waals surface area contributed by atoms with Gasteiger partial charge in [0, 0.05) is 51.8 Å². The Morgan fingerprint density at radius 2 is 1.09 bits per heavy atom. The highest BCUT2D eigenvalue weighted by atomic mass is 15.4. The fourth-order valence-electron chi connectivity index (χ4n) is 9.73. The van der Waals surface area contributed by atoms with Crippen LogP contribution in [0, 0.1) is 0 Å². The first-order chi connectivity index (χ1) is 28.8. The van der Waals surface area contributed by atoms with E-state index >= 15 is 0 Å². The molecule has 8 aromatic carbocycles. The summed E-state index contributed by atoms with van der Waals surface area (Å²) in [5.41, 5.74) is 16.6. The summed E-state index contributed by atoms with van der Waals surface area (Å²) in [7, 11) is 0. The van der Waals surface area contributed by atoms with E-state index in [4.69, 9.17) is 4.99 Å². The maximum absolute atomic E-state index is 5.84. The topological polar surface area (TPSA) is 32.6 Å². The number of benzene rings is 8. The molecule has 2 aliphatic heterocycles. The van der Waals surface area contributed by atoms with Crippen LogP contribution in [0.2, 0.25) is 0 Å². The number of nitrogens with zero attached hydrogens (tertiary/aromatic N) is 3. The van der Waals surface area contributed by atoms with Crippen LogP contribution >= 0.6 is 0 Å². The second kappa shape index (κ2) is 13.1. The van der Waals surface area contributed by atoms with Crippen molar-refractivity contribution >= 4 is 50.3 Å². The van der Waals surface area contributed by atoms with Crippen molar-refractivity contribution in [3.63, 3.8) is 0 Å². The fraction of sp³-hybridized carbons (Fsp3) is 0.0556. The van der Waals surface area contributed by atoms with Gasteiger partial charge >= 0.3 is 0 Å². The van der Waals surface area contributed by atoms with Crippen molar-refractivity contribution in [2.24, 2.45) is 4.99 Å². The monoisotopic (exact) mass is 742 g/mol. The third kappa shape index (κ3) is 5.12. The Balaban J connectivity index is 1.10. The Hall–Kier alpha value is -7.43. The molecule has 0 saturated heterocycles. The highest BCUT2D eigenvalue weighted by Gasteiger charge is 2.44. The van der Waals surface area contributed by atoms with Gasteiger partial charge in [-0.25, -0.2) is 4.99 Å². The van der Waals surface area contributed by atoms with Crippen LogP contribution in [0.15, 0.2) is 199 Å². The molecule has 3 heterocycles. The molecule has 2 unspecified atom stereocenters. The molecule has 274 valence electrons. The van der Waals surface area contributed by atoms with E-state index in [0.29, 0.717) is 0 Å². The molecule has 12 rings (SSSR count). The number of anilines is 2. The maximum Gasteiger partial charge on any atom is 0.197 e. The van der Waals surface area contributed by atoms with E-state index < -0.39 is 0 Å². The van der Waals surface area contributed by atoms with Gasteiger partial charge in [0.15, 0.2) is 6.29 Å². The highest BCUT2D eigenvalue weighted by Crippen LogP contribution is 2.53. The molecule has 0 amide bonds. The van der Waals surface area contributed by atoms with E-state index in [0.717, 1.165) is 28.9 Å². The smallest absolute Gasteiger partial charge is 0.197 e. The average molecular weight is 743 g/mol. The minimum atomic E-state index is -0.383. The summed E-state index contributed by atoms with van der Waals surface area (Å²) in [5.74, 6) is 0. The first-order valence-electron chi connectivity index (χ1n) is 20.2. The van der Waals surface area contributed by atoms with Gasteiger partial charge in [-0.3, -0.25) is 0 Å². The maximum atomic E-state index is 5.84. The Morgan fingerprint density at radius 1 is 0.517 bits per heavy atom. The largest absolute Gasteiger partial charge is 0.346 e. The lowest BCUT2D eigenvalue weighted by Crippen LogP contribution is -2.48. The lowest BCUT2D eigenvalue weighted by molar-refractivity contribution is 0.614. The Bertz CT molecular complexity index is 3060. The van der Waals surface area contributed by atoms with Crippen LogP contribution in [0.3, 0.4) is 0 Å². The van der Waals surface area contributed by atoms with Gasteiger partial charge in [-0.2, -0.15) is 0 Å². The molecule has 1 aromatic heterocycles. The van der Waals surface area contributed by atoms with E-state index in [9.17, 15) is 0 Å². The normalized spacial score (nSPS) is 16.5. The number of fused-ring (bicyclic) bond motifs is 10. The Labute approximate surface area is 337 Å². The Kier molecular flexibility index (Phi) is 7.39. The lowest BCUT2D eigenvalue weighted by Gasteiger charge is -2.39. The zero-order chi connectivity index (χ0) is 38.2. The molecule has 0 bridgehead atoms. The molecule has 4 nitrogen and oxygen atoms in total. The number of aromatic nitrogens is 1. The van der Waals surface area contributed by atoms with Gasteiger partial charge in [-0.05, 0) is 98.1 Å². The van der Waals surface area contributed by atoms with E-state index in [1.54, 1.807) is 0 Å². The van der Waals surface area contributed by atoms with Crippen molar-refractivity contribution < 1.29 is 0 Å². The van der Waals surface area contributed by atoms with Gasteiger partial charge in [0.25, 0.3) is 0 Å². The van der Waals surface area contributed by atoms with Gasteiger partial charge in [0.2, 0.25) is 0 Å². The van der Waals surface area contributed by atoms with Gasteiger partial charge < -0.3 is 14.8 Å². The van der Waals surface area contributed by atoms with Crippen molar-refractivity contribution in [2.45, 2.75) is 18.8 Å². The molecule has 0 radical (unpaired) electrons. The first kappa shape index (κ1) is 32.8. The van der Waals surface area contributed by atoms with Crippen LogP contribution in [0.1, 0.15) is 27.9 Å². The summed E-state index contributed by atoms with van der Waals surface area (Å²) < 4.78 is 2.37. The van der Waals surface area contributed by atoms with Gasteiger partial charge in [-0.15, -0.1) is 0 Å². The van der Waals surface area contributed by atoms with Gasteiger partial charge in [0.05, 0.1) is 17.4 Å². The molecule has 0 fully saturated rings. The molecule has 3 aliphatic rings. The van der Waals surface area contributed by atoms with Crippen molar-refractivity contribution in [3.8, 4) is 27.9 Å². The predicted octanol–water partition coefficient (Wildman–Crippen LogP) is 12.6. The second-order valence-corrected chi connectivity index (χ2v) is 15.5. The van der Waals surface area contributed by atoms with Crippen LogP contribution in [-0.2, 0) is 6.42 Å². The molecule has 9 aromatic rings. The zero-order valence-electron chi connectivity index (χ0n) is 31.8. The first-order valence-corrected chi connectivity index (χ1v) is 20.2. The summed E-state index contributed by atoms with van der Waals surface area (Å²) in [5, 5.41) is 9.06. The predicted molar refractivity (Wildman–Crippen MR) is 242 cm³/mol. The number of hydrogen-bond acceptors (Lipinski definition) is 3. The van der Waals surface area contributed by atoms with Crippen molar-refractivity contribution in [1.82, 2.24) is 4.57 Å². The summed E-state index contributed by atoms with van der Waals surface area (Å²) >= 11 is 0. The molecular weight excluding hydrogens is 705 g/mol. The molecule has 0 saturated carbocycles. The fourth-order valence-corrected chi connectivity index (χ4v) is 9.73. The van der Waals surface area contributed by atoms with Gasteiger partial charge in [0.1, 0.15) is 0 Å². The number of para-hydroxylation sites is 2. The van der Waals surface area contributed by atoms with Crippen LogP contribution in [0.25, 0.3) is 61.1 Å². The summed E-state index contributed by atoms with van der Waals surface area (Å²) in [6.45, 7) is 0. The van der Waals surface area contributed by atoms with E-state index in [1.165, 1.54) is 77.6 Å². The molecule has 1 N–H and O–H groups in total. The number of hydrogen-bond donors (Lipinski definition) is 1. The molecule has 1 aliphatic carbocycles. The number of rotatable bonds is 5. The van der Waals surface area contributed by atoms with Crippen molar-refractivity contribution in [3.05, 3.63) is 222 Å². The number of nitrogens with one attached hydrogen (secondary N) is 1. The molecular formula is C54H38N4. The van der Waals surface area contributed by atoms with E-state index in [1.807, 2.05) is 0 Å². The van der Waals surface area contributed by atoms with E-state index in [-0.39, 0.29) is 12.3 Å². The van der Waals surface area contributed by atoms with E-state index in [2.05, 4.69) is 215 Å². The molecule has 0 spiro atoms. The third-order valence-electron chi connectivity index (χ3n) is 12.3. The minimum Gasteiger partial charge on any atom is -0.346 e. The van der Waals surface area contributed by atoms with Crippen LogP contribution in [0.5, 0.6) is 0 Å². The SMILES string of the molecule is C1=C2c3c(c4ccccc4c4ccccc34)N(C3N=C(c4cc(-c5ccccc5)cc(-c5ccccc5)c4)c4ccccc4N3)C2Cc2c1ccn2-c1ccccc1. The van der Waals surface area contributed by atoms with Gasteiger partial charge in [-0.1, -0.05) is 146 Å². The minimum absolute atomic E-state index is 0.0392. The summed E-state index contributed by atoms with van der Waals surface area (Å²) in [6.07, 6.45) is 5.15. The quantitative estimate of drug-likeness (QED) is 0.178.